The third-order valence-corrected chi connectivity index (χ3v) is 6.64. The molecule has 1 amide bonds. The number of rotatable bonds is 3. The molecular weight excluding hydrogens is 388 g/mol. The first-order valence-corrected chi connectivity index (χ1v) is 10.4. The van der Waals surface area contributed by atoms with E-state index < -0.39 is 0 Å². The van der Waals surface area contributed by atoms with Crippen LogP contribution >= 0.6 is 0 Å². The number of nitrogens with one attached hydrogen (secondary N) is 1. The number of H-pyrrole nitrogens is 1. The largest absolute Gasteiger partial charge is 0.493 e. The molecule has 5 nitrogen and oxygen atoms in total. The molecule has 0 unspecified atom stereocenters. The molecule has 2 aliphatic rings. The Bertz CT molecular complexity index is 1330. The Morgan fingerprint density at radius 2 is 1.71 bits per heavy atom. The summed E-state index contributed by atoms with van der Waals surface area (Å²) in [6, 6.07) is 22.6. The Morgan fingerprint density at radius 3 is 2.48 bits per heavy atom. The number of fused-ring (bicyclic) bond motifs is 7. The van der Waals surface area contributed by atoms with Crippen LogP contribution in [0, 0.1) is 0 Å². The maximum Gasteiger partial charge on any atom is 0.259 e. The fourth-order valence-corrected chi connectivity index (χ4v) is 5.34. The lowest BCUT2D eigenvalue weighted by atomic mass is 9.83. The van der Waals surface area contributed by atoms with Gasteiger partial charge in [0.05, 0.1) is 25.8 Å². The van der Waals surface area contributed by atoms with Crippen LogP contribution in [0.25, 0.3) is 10.9 Å². The van der Waals surface area contributed by atoms with Crippen LogP contribution in [0.4, 0.5) is 0 Å². The van der Waals surface area contributed by atoms with E-state index in [4.69, 9.17) is 9.47 Å². The highest BCUT2D eigenvalue weighted by Crippen LogP contribution is 2.52. The average molecular weight is 410 g/mol. The average Bonchev–Trinajstić information content (AvgIpc) is 3.34. The van der Waals surface area contributed by atoms with E-state index in [9.17, 15) is 4.79 Å². The predicted molar refractivity (Wildman–Crippen MR) is 119 cm³/mol. The van der Waals surface area contributed by atoms with Crippen molar-refractivity contribution >= 4 is 16.8 Å². The zero-order valence-electron chi connectivity index (χ0n) is 17.4. The minimum absolute atomic E-state index is 0.0130. The molecule has 0 saturated carbocycles. The summed E-state index contributed by atoms with van der Waals surface area (Å²) >= 11 is 0. The summed E-state index contributed by atoms with van der Waals surface area (Å²) in [5.41, 5.74) is 6.23. The second-order valence-electron chi connectivity index (χ2n) is 8.09. The summed E-state index contributed by atoms with van der Waals surface area (Å²) in [5.74, 6) is 1.16. The molecule has 4 aromatic rings. The van der Waals surface area contributed by atoms with Crippen LogP contribution in [0.2, 0.25) is 0 Å². The number of hydrogen-bond acceptors (Lipinski definition) is 3. The van der Waals surface area contributed by atoms with Crippen LogP contribution in [0.3, 0.4) is 0 Å². The van der Waals surface area contributed by atoms with Gasteiger partial charge in [-0.2, -0.15) is 0 Å². The standard InChI is InChI=1S/C26H22N2O3/c1-30-20-13-12-17-22(25(20)31-2)26(29)28-14-18(15-8-4-3-5-9-15)21-16-10-6-7-11-19(16)27-23(21)24(17)28/h3-13,18,24,27H,14H2,1-2H3/t18-,24+/m0/s1. The normalized spacial score (nSPS) is 19.2. The van der Waals surface area contributed by atoms with Crippen molar-refractivity contribution in [2.75, 3.05) is 20.8 Å². The van der Waals surface area contributed by atoms with Crippen molar-refractivity contribution in [3.63, 3.8) is 0 Å². The lowest BCUT2D eigenvalue weighted by Crippen LogP contribution is -2.37. The van der Waals surface area contributed by atoms with Gasteiger partial charge in [-0.05, 0) is 28.8 Å². The number of aromatic amines is 1. The zero-order valence-corrected chi connectivity index (χ0v) is 17.4. The molecule has 0 radical (unpaired) electrons. The monoisotopic (exact) mass is 410 g/mol. The molecule has 6 rings (SSSR count). The number of carbonyl (C=O) groups excluding carboxylic acids is 1. The summed E-state index contributed by atoms with van der Waals surface area (Å²) in [6.45, 7) is 0.614. The highest BCUT2D eigenvalue weighted by molar-refractivity contribution is 6.04. The number of para-hydroxylation sites is 1. The number of methoxy groups -OCH3 is 2. The van der Waals surface area contributed by atoms with E-state index in [2.05, 4.69) is 47.4 Å². The summed E-state index contributed by atoms with van der Waals surface area (Å²) in [7, 11) is 3.18. The topological polar surface area (TPSA) is 54.6 Å². The molecule has 154 valence electrons. The van der Waals surface area contributed by atoms with Crippen LogP contribution in [-0.2, 0) is 0 Å². The number of amides is 1. The van der Waals surface area contributed by atoms with Gasteiger partial charge in [0.1, 0.15) is 0 Å². The number of aromatic nitrogens is 1. The first kappa shape index (κ1) is 18.1. The summed E-state index contributed by atoms with van der Waals surface area (Å²) < 4.78 is 11.1. The Morgan fingerprint density at radius 1 is 0.935 bits per heavy atom. The van der Waals surface area contributed by atoms with Crippen molar-refractivity contribution in [1.29, 1.82) is 0 Å². The molecule has 0 aliphatic carbocycles. The zero-order chi connectivity index (χ0) is 21.1. The van der Waals surface area contributed by atoms with E-state index in [1.54, 1.807) is 14.2 Å². The minimum Gasteiger partial charge on any atom is -0.493 e. The fraction of sp³-hybridized carbons (Fsp3) is 0.192. The number of ether oxygens (including phenoxy) is 2. The van der Waals surface area contributed by atoms with Gasteiger partial charge in [-0.1, -0.05) is 54.6 Å². The van der Waals surface area contributed by atoms with Crippen molar-refractivity contribution < 1.29 is 14.3 Å². The van der Waals surface area contributed by atoms with Gasteiger partial charge in [-0.15, -0.1) is 0 Å². The molecule has 1 N–H and O–H groups in total. The minimum atomic E-state index is -0.162. The lowest BCUT2D eigenvalue weighted by molar-refractivity contribution is 0.0725. The van der Waals surface area contributed by atoms with Gasteiger partial charge in [0, 0.05) is 29.1 Å². The first-order valence-electron chi connectivity index (χ1n) is 10.4. The number of benzene rings is 3. The van der Waals surface area contributed by atoms with Crippen molar-refractivity contribution in [2.24, 2.45) is 0 Å². The molecule has 31 heavy (non-hydrogen) atoms. The highest BCUT2D eigenvalue weighted by atomic mass is 16.5. The second kappa shape index (κ2) is 6.64. The maximum atomic E-state index is 13.7. The Kier molecular flexibility index (Phi) is 3.87. The van der Waals surface area contributed by atoms with E-state index in [0.29, 0.717) is 23.6 Å². The third kappa shape index (κ3) is 2.40. The Hall–Kier alpha value is -3.73. The van der Waals surface area contributed by atoms with Crippen molar-refractivity contribution in [2.45, 2.75) is 12.0 Å². The summed E-state index contributed by atoms with van der Waals surface area (Å²) in [6.07, 6.45) is 0. The van der Waals surface area contributed by atoms with Gasteiger partial charge in [-0.25, -0.2) is 0 Å². The van der Waals surface area contributed by atoms with E-state index in [1.807, 2.05) is 29.2 Å². The number of hydrogen-bond donors (Lipinski definition) is 1. The summed E-state index contributed by atoms with van der Waals surface area (Å²) in [5, 5.41) is 1.22. The molecule has 5 heteroatoms. The molecule has 3 heterocycles. The van der Waals surface area contributed by atoms with Crippen molar-refractivity contribution in [1.82, 2.24) is 9.88 Å². The van der Waals surface area contributed by atoms with E-state index >= 15 is 0 Å². The van der Waals surface area contributed by atoms with Gasteiger partial charge in [0.25, 0.3) is 5.91 Å². The van der Waals surface area contributed by atoms with Gasteiger partial charge >= 0.3 is 0 Å². The van der Waals surface area contributed by atoms with E-state index in [-0.39, 0.29) is 17.9 Å². The van der Waals surface area contributed by atoms with Crippen LogP contribution in [0.5, 0.6) is 11.5 Å². The third-order valence-electron chi connectivity index (χ3n) is 6.64. The molecule has 3 aromatic carbocycles. The molecular formula is C26H22N2O3. The molecule has 0 fully saturated rings. The predicted octanol–water partition coefficient (Wildman–Crippen LogP) is 4.88. The van der Waals surface area contributed by atoms with Gasteiger partial charge in [-0.3, -0.25) is 4.79 Å². The quantitative estimate of drug-likeness (QED) is 0.524. The van der Waals surface area contributed by atoms with Crippen LogP contribution < -0.4 is 9.47 Å². The SMILES string of the molecule is COc1ccc2c(c1OC)C(=O)N1C[C@@H](c3ccccc3)c3c([nH]c4ccccc34)[C@@H]21. The fourth-order valence-electron chi connectivity index (χ4n) is 5.34. The van der Waals surface area contributed by atoms with Gasteiger partial charge < -0.3 is 19.4 Å². The lowest BCUT2D eigenvalue weighted by Gasteiger charge is -2.36. The smallest absolute Gasteiger partial charge is 0.259 e. The van der Waals surface area contributed by atoms with Crippen LogP contribution in [0.15, 0.2) is 66.7 Å². The van der Waals surface area contributed by atoms with Crippen LogP contribution in [-0.4, -0.2) is 36.6 Å². The molecule has 0 spiro atoms. The van der Waals surface area contributed by atoms with Crippen molar-refractivity contribution in [3.05, 3.63) is 94.7 Å². The molecule has 0 saturated heterocycles. The molecule has 2 atom stereocenters. The Labute approximate surface area is 180 Å². The second-order valence-corrected chi connectivity index (χ2v) is 8.09. The van der Waals surface area contributed by atoms with Gasteiger partial charge in [0.2, 0.25) is 0 Å². The maximum absolute atomic E-state index is 13.7. The van der Waals surface area contributed by atoms with E-state index in [1.165, 1.54) is 16.5 Å². The summed E-state index contributed by atoms with van der Waals surface area (Å²) in [4.78, 5) is 19.3. The molecule has 2 aliphatic heterocycles. The van der Waals surface area contributed by atoms with E-state index in [0.717, 1.165) is 16.8 Å². The Balaban J connectivity index is 1.63. The van der Waals surface area contributed by atoms with Crippen LogP contribution in [0.1, 0.15) is 44.7 Å². The number of carbonyl (C=O) groups is 1. The van der Waals surface area contributed by atoms with Crippen molar-refractivity contribution in [3.8, 4) is 11.5 Å². The molecule has 0 bridgehead atoms. The first-order chi connectivity index (χ1) is 15.2. The highest BCUT2D eigenvalue weighted by Gasteiger charge is 2.47. The number of nitrogens with zero attached hydrogens (tertiary/aromatic N) is 1. The molecule has 1 aromatic heterocycles. The van der Waals surface area contributed by atoms with Gasteiger partial charge in [0.15, 0.2) is 11.5 Å².